The first kappa shape index (κ1) is 10.4. The van der Waals surface area contributed by atoms with Crippen LogP contribution in [0.25, 0.3) is 0 Å². The summed E-state index contributed by atoms with van der Waals surface area (Å²) in [6.45, 7) is 3.69. The molecule has 66 valence electrons. The highest BCUT2D eigenvalue weighted by molar-refractivity contribution is 5.72. The number of nitrogens with zero attached hydrogens (tertiary/aromatic N) is 1. The van der Waals surface area contributed by atoms with E-state index in [0.717, 1.165) is 6.54 Å². The number of carbonyl (C=O) groups excluding carboxylic acids is 1. The number of aliphatic hydroxyl groups is 1. The van der Waals surface area contributed by atoms with Crippen LogP contribution in [0.15, 0.2) is 0 Å². The molecule has 0 fully saturated rings. The monoisotopic (exact) mass is 160 g/mol. The van der Waals surface area contributed by atoms with Crippen molar-refractivity contribution >= 4 is 5.91 Å². The van der Waals surface area contributed by atoms with Crippen molar-refractivity contribution in [2.45, 2.75) is 6.92 Å². The quantitative estimate of drug-likeness (QED) is 0.510. The Kier molecular flexibility index (Phi) is 5.78. The van der Waals surface area contributed by atoms with Crippen molar-refractivity contribution in [3.63, 3.8) is 0 Å². The summed E-state index contributed by atoms with van der Waals surface area (Å²) in [5.74, 6) is 0.0656. The molecule has 0 heterocycles. The number of hydrogen-bond donors (Lipinski definition) is 2. The lowest BCUT2D eigenvalue weighted by atomic mass is 10.5. The molecule has 0 saturated heterocycles. The fourth-order valence-corrected chi connectivity index (χ4v) is 0.608. The molecule has 0 radical (unpaired) electrons. The van der Waals surface area contributed by atoms with Crippen LogP contribution in [0.2, 0.25) is 0 Å². The number of likely N-dealkylation sites (N-methyl/N-ethyl adjacent to an activating group) is 1. The Bertz CT molecular complexity index is 117. The van der Waals surface area contributed by atoms with Crippen LogP contribution in [-0.2, 0) is 4.79 Å². The van der Waals surface area contributed by atoms with Gasteiger partial charge in [-0.25, -0.2) is 0 Å². The number of carbonyl (C=O) groups is 1. The van der Waals surface area contributed by atoms with E-state index in [-0.39, 0.29) is 12.5 Å². The Balaban J connectivity index is 3.17. The highest BCUT2D eigenvalue weighted by atomic mass is 16.3. The predicted octanol–water partition coefficient (Wildman–Crippen LogP) is -0.953. The van der Waals surface area contributed by atoms with E-state index in [9.17, 15) is 4.79 Å². The molecule has 0 unspecified atom stereocenters. The summed E-state index contributed by atoms with van der Waals surface area (Å²) in [5, 5.41) is 11.4. The Labute approximate surface area is 67.2 Å². The standard InChI is InChI=1S/C7H16N2O2/c1-7(11)9(2)5-3-8-4-6-10/h8,10H,3-6H2,1-2H3. The molecule has 0 aliphatic rings. The predicted molar refractivity (Wildman–Crippen MR) is 43.3 cm³/mol. The van der Waals surface area contributed by atoms with E-state index >= 15 is 0 Å². The molecular formula is C7H16N2O2. The molecule has 1 amide bonds. The number of nitrogens with one attached hydrogen (secondary N) is 1. The van der Waals surface area contributed by atoms with Crippen molar-refractivity contribution in [2.24, 2.45) is 0 Å². The molecule has 0 aliphatic carbocycles. The first-order valence-corrected chi connectivity index (χ1v) is 3.71. The van der Waals surface area contributed by atoms with Gasteiger partial charge in [0.2, 0.25) is 5.91 Å². The molecule has 0 aromatic carbocycles. The molecule has 4 heteroatoms. The van der Waals surface area contributed by atoms with Crippen molar-refractivity contribution in [1.29, 1.82) is 0 Å². The highest BCUT2D eigenvalue weighted by Gasteiger charge is 1.98. The van der Waals surface area contributed by atoms with E-state index in [4.69, 9.17) is 5.11 Å². The van der Waals surface area contributed by atoms with E-state index in [2.05, 4.69) is 5.32 Å². The topological polar surface area (TPSA) is 52.6 Å². The Morgan fingerprint density at radius 1 is 1.55 bits per heavy atom. The number of amides is 1. The van der Waals surface area contributed by atoms with Gasteiger partial charge >= 0.3 is 0 Å². The van der Waals surface area contributed by atoms with Crippen LogP contribution in [0, 0.1) is 0 Å². The van der Waals surface area contributed by atoms with E-state index < -0.39 is 0 Å². The van der Waals surface area contributed by atoms with Crippen LogP contribution < -0.4 is 5.32 Å². The van der Waals surface area contributed by atoms with Crippen molar-refractivity contribution < 1.29 is 9.90 Å². The second-order valence-electron chi connectivity index (χ2n) is 2.41. The largest absolute Gasteiger partial charge is 0.395 e. The van der Waals surface area contributed by atoms with Crippen LogP contribution in [0.5, 0.6) is 0 Å². The highest BCUT2D eigenvalue weighted by Crippen LogP contribution is 1.79. The van der Waals surface area contributed by atoms with Gasteiger partial charge in [0.25, 0.3) is 0 Å². The van der Waals surface area contributed by atoms with Crippen LogP contribution in [-0.4, -0.2) is 49.2 Å². The molecule has 0 bridgehead atoms. The lowest BCUT2D eigenvalue weighted by molar-refractivity contribution is -0.127. The van der Waals surface area contributed by atoms with Gasteiger partial charge in [0.1, 0.15) is 0 Å². The first-order chi connectivity index (χ1) is 5.18. The molecule has 2 N–H and O–H groups in total. The second-order valence-corrected chi connectivity index (χ2v) is 2.41. The summed E-state index contributed by atoms with van der Waals surface area (Å²) in [6, 6.07) is 0. The average Bonchev–Trinajstić information content (AvgIpc) is 1.97. The second kappa shape index (κ2) is 6.12. The molecule has 4 nitrogen and oxygen atoms in total. The Morgan fingerprint density at radius 3 is 2.64 bits per heavy atom. The SMILES string of the molecule is CC(=O)N(C)CCNCCO. The average molecular weight is 160 g/mol. The molecule has 11 heavy (non-hydrogen) atoms. The smallest absolute Gasteiger partial charge is 0.219 e. The van der Waals surface area contributed by atoms with E-state index in [1.54, 1.807) is 11.9 Å². The number of rotatable bonds is 5. The van der Waals surface area contributed by atoms with Crippen LogP contribution in [0.3, 0.4) is 0 Å². The molecule has 0 aliphatic heterocycles. The van der Waals surface area contributed by atoms with Gasteiger partial charge in [-0.1, -0.05) is 0 Å². The molecular weight excluding hydrogens is 144 g/mol. The summed E-state index contributed by atoms with van der Waals surface area (Å²) in [6.07, 6.45) is 0. The lowest BCUT2D eigenvalue weighted by Gasteiger charge is -2.14. The van der Waals surface area contributed by atoms with Gasteiger partial charge in [0.15, 0.2) is 0 Å². The van der Waals surface area contributed by atoms with Crippen molar-refractivity contribution in [1.82, 2.24) is 10.2 Å². The maximum atomic E-state index is 10.7. The molecule has 0 aromatic heterocycles. The van der Waals surface area contributed by atoms with Gasteiger partial charge in [-0.2, -0.15) is 0 Å². The summed E-state index contributed by atoms with van der Waals surface area (Å²) in [5.41, 5.74) is 0. The van der Waals surface area contributed by atoms with Gasteiger partial charge in [0.05, 0.1) is 6.61 Å². The summed E-state index contributed by atoms with van der Waals surface area (Å²) >= 11 is 0. The third kappa shape index (κ3) is 5.82. The summed E-state index contributed by atoms with van der Waals surface area (Å²) in [7, 11) is 1.75. The molecule has 0 rings (SSSR count). The molecule has 0 atom stereocenters. The Hall–Kier alpha value is -0.610. The Morgan fingerprint density at radius 2 is 2.18 bits per heavy atom. The molecule has 0 spiro atoms. The van der Waals surface area contributed by atoms with Crippen molar-refractivity contribution in [3.8, 4) is 0 Å². The van der Waals surface area contributed by atoms with Crippen LogP contribution >= 0.6 is 0 Å². The van der Waals surface area contributed by atoms with Crippen molar-refractivity contribution in [2.75, 3.05) is 33.3 Å². The third-order valence-corrected chi connectivity index (χ3v) is 1.45. The zero-order valence-corrected chi connectivity index (χ0v) is 7.13. The van der Waals surface area contributed by atoms with Gasteiger partial charge in [0, 0.05) is 33.6 Å². The fourth-order valence-electron chi connectivity index (χ4n) is 0.608. The minimum Gasteiger partial charge on any atom is -0.395 e. The van der Waals surface area contributed by atoms with Gasteiger partial charge < -0.3 is 15.3 Å². The van der Waals surface area contributed by atoms with Crippen molar-refractivity contribution in [3.05, 3.63) is 0 Å². The molecule has 0 aromatic rings. The van der Waals surface area contributed by atoms with Crippen LogP contribution in [0.1, 0.15) is 6.92 Å². The number of hydrogen-bond acceptors (Lipinski definition) is 3. The van der Waals surface area contributed by atoms with Gasteiger partial charge in [-0.3, -0.25) is 4.79 Å². The minimum atomic E-state index is 0.0656. The zero-order chi connectivity index (χ0) is 8.69. The normalized spacial score (nSPS) is 9.73. The third-order valence-electron chi connectivity index (χ3n) is 1.45. The fraction of sp³-hybridized carbons (Fsp3) is 0.857. The van der Waals surface area contributed by atoms with Gasteiger partial charge in [-0.15, -0.1) is 0 Å². The van der Waals surface area contributed by atoms with E-state index in [0.29, 0.717) is 13.1 Å². The van der Waals surface area contributed by atoms with E-state index in [1.165, 1.54) is 6.92 Å². The maximum absolute atomic E-state index is 10.7. The lowest BCUT2D eigenvalue weighted by Crippen LogP contribution is -2.33. The maximum Gasteiger partial charge on any atom is 0.219 e. The van der Waals surface area contributed by atoms with Crippen LogP contribution in [0.4, 0.5) is 0 Å². The summed E-state index contributed by atoms with van der Waals surface area (Å²) < 4.78 is 0. The van der Waals surface area contributed by atoms with Gasteiger partial charge in [-0.05, 0) is 0 Å². The minimum absolute atomic E-state index is 0.0656. The number of aliphatic hydroxyl groups excluding tert-OH is 1. The van der Waals surface area contributed by atoms with E-state index in [1.807, 2.05) is 0 Å². The first-order valence-electron chi connectivity index (χ1n) is 3.71. The zero-order valence-electron chi connectivity index (χ0n) is 7.13. The molecule has 0 saturated carbocycles. The summed E-state index contributed by atoms with van der Waals surface area (Å²) in [4.78, 5) is 12.3.